The lowest BCUT2D eigenvalue weighted by molar-refractivity contribution is 1.11. The van der Waals surface area contributed by atoms with E-state index in [0.29, 0.717) is 0 Å². The van der Waals surface area contributed by atoms with Crippen molar-refractivity contribution in [2.45, 2.75) is 4.33 Å². The van der Waals surface area contributed by atoms with Crippen molar-refractivity contribution >= 4 is 58.0 Å². The highest BCUT2D eigenvalue weighted by atomic mass is 35.5. The van der Waals surface area contributed by atoms with Gasteiger partial charge in [-0.2, -0.15) is 0 Å². The summed E-state index contributed by atoms with van der Waals surface area (Å²) < 4.78 is -1.25. The standard InChI is InChI=1S/C4H3Cl5/c5-1-3(7)4(8,9)2-6/h1H,2H2/b3-1-. The molecule has 0 aromatic heterocycles. The summed E-state index contributed by atoms with van der Waals surface area (Å²) in [6.45, 7) is 0. The minimum atomic E-state index is -1.25. The van der Waals surface area contributed by atoms with E-state index in [0.717, 1.165) is 5.54 Å². The number of allylic oxidation sites excluding steroid dienone is 1. The van der Waals surface area contributed by atoms with Gasteiger partial charge in [-0.05, 0) is 0 Å². The maximum Gasteiger partial charge on any atom is 0.167 e. The molecule has 0 nitrogen and oxygen atoms in total. The van der Waals surface area contributed by atoms with Crippen LogP contribution in [-0.4, -0.2) is 10.2 Å². The van der Waals surface area contributed by atoms with Gasteiger partial charge in [0.1, 0.15) is 0 Å². The fraction of sp³-hybridized carbons (Fsp3) is 0.500. The summed E-state index contributed by atoms with van der Waals surface area (Å²) in [4.78, 5) is 0. The van der Waals surface area contributed by atoms with Crippen LogP contribution in [0.3, 0.4) is 0 Å². The van der Waals surface area contributed by atoms with E-state index in [1.165, 1.54) is 0 Å². The molecule has 0 aromatic rings. The molecule has 54 valence electrons. The van der Waals surface area contributed by atoms with Gasteiger partial charge >= 0.3 is 0 Å². The number of rotatable bonds is 2. The highest BCUT2D eigenvalue weighted by molar-refractivity contribution is 6.59. The summed E-state index contributed by atoms with van der Waals surface area (Å²) in [5.74, 6) is 0.0121. The van der Waals surface area contributed by atoms with Crippen molar-refractivity contribution in [2.75, 3.05) is 5.88 Å². The minimum absolute atomic E-state index is 0.0121. The lowest BCUT2D eigenvalue weighted by Gasteiger charge is -2.12. The third-order valence-corrected chi connectivity index (χ3v) is 2.92. The third kappa shape index (κ3) is 3.20. The molecule has 0 rings (SSSR count). The van der Waals surface area contributed by atoms with Gasteiger partial charge in [-0.25, -0.2) is 0 Å². The monoisotopic (exact) mass is 226 g/mol. The molecule has 0 heterocycles. The molecular formula is C4H3Cl5. The predicted octanol–water partition coefficient (Wildman–Crippen LogP) is 3.72. The Labute approximate surface area is 78.7 Å². The Hall–Kier alpha value is 1.19. The molecule has 0 amide bonds. The smallest absolute Gasteiger partial charge is 0.123 e. The molecule has 0 radical (unpaired) electrons. The van der Waals surface area contributed by atoms with E-state index < -0.39 is 4.33 Å². The van der Waals surface area contributed by atoms with Gasteiger partial charge in [0.25, 0.3) is 0 Å². The van der Waals surface area contributed by atoms with Crippen LogP contribution in [0.1, 0.15) is 0 Å². The molecule has 0 atom stereocenters. The summed E-state index contributed by atoms with van der Waals surface area (Å²) in [5.41, 5.74) is 1.09. The van der Waals surface area contributed by atoms with Crippen molar-refractivity contribution in [3.63, 3.8) is 0 Å². The highest BCUT2D eigenvalue weighted by Gasteiger charge is 2.26. The van der Waals surface area contributed by atoms with Crippen LogP contribution in [0.4, 0.5) is 0 Å². The Kier molecular flexibility index (Phi) is 4.70. The van der Waals surface area contributed by atoms with Gasteiger partial charge in [0.2, 0.25) is 0 Å². The Bertz CT molecular complexity index is 116. The number of alkyl halides is 3. The Morgan fingerprint density at radius 3 is 2.00 bits per heavy atom. The van der Waals surface area contributed by atoms with Gasteiger partial charge in [-0.3, -0.25) is 0 Å². The maximum absolute atomic E-state index is 5.52. The van der Waals surface area contributed by atoms with Crippen molar-refractivity contribution in [3.8, 4) is 0 Å². The first-order chi connectivity index (χ1) is 4.04. The van der Waals surface area contributed by atoms with Crippen molar-refractivity contribution < 1.29 is 0 Å². The van der Waals surface area contributed by atoms with Crippen LogP contribution < -0.4 is 0 Å². The van der Waals surface area contributed by atoms with E-state index in [-0.39, 0.29) is 10.9 Å². The lowest BCUT2D eigenvalue weighted by Crippen LogP contribution is -2.14. The first-order valence-electron chi connectivity index (χ1n) is 1.94. The number of hydrogen-bond acceptors (Lipinski definition) is 0. The third-order valence-electron chi connectivity index (χ3n) is 0.613. The molecule has 0 aliphatic carbocycles. The van der Waals surface area contributed by atoms with Crippen LogP contribution in [-0.2, 0) is 0 Å². The molecule has 0 saturated carbocycles. The molecule has 0 unspecified atom stereocenters. The molecule has 0 N–H and O–H groups in total. The second kappa shape index (κ2) is 4.15. The van der Waals surface area contributed by atoms with Gasteiger partial charge in [0, 0.05) is 5.54 Å². The van der Waals surface area contributed by atoms with Crippen LogP contribution in [0.5, 0.6) is 0 Å². The van der Waals surface area contributed by atoms with Crippen LogP contribution in [0.25, 0.3) is 0 Å². The van der Waals surface area contributed by atoms with Crippen molar-refractivity contribution in [1.82, 2.24) is 0 Å². The fourth-order valence-corrected chi connectivity index (χ4v) is 0.830. The lowest BCUT2D eigenvalue weighted by atomic mass is 10.4. The van der Waals surface area contributed by atoms with Crippen LogP contribution in [0.2, 0.25) is 0 Å². The molecule has 0 aliphatic rings. The van der Waals surface area contributed by atoms with E-state index in [9.17, 15) is 0 Å². The second-order valence-electron chi connectivity index (χ2n) is 1.30. The second-order valence-corrected chi connectivity index (χ2v) is 3.67. The van der Waals surface area contributed by atoms with Crippen molar-refractivity contribution in [1.29, 1.82) is 0 Å². The zero-order valence-corrected chi connectivity index (χ0v) is 7.95. The van der Waals surface area contributed by atoms with Crippen molar-refractivity contribution in [2.24, 2.45) is 0 Å². The Morgan fingerprint density at radius 2 is 1.89 bits per heavy atom. The van der Waals surface area contributed by atoms with Gasteiger partial charge in [-0.15, -0.1) is 11.6 Å². The summed E-state index contributed by atoms with van der Waals surface area (Å²) in [7, 11) is 0. The average molecular weight is 228 g/mol. The van der Waals surface area contributed by atoms with Crippen molar-refractivity contribution in [3.05, 3.63) is 10.6 Å². The topological polar surface area (TPSA) is 0 Å². The average Bonchev–Trinajstić information content (AvgIpc) is 1.86. The maximum atomic E-state index is 5.52. The molecule has 9 heavy (non-hydrogen) atoms. The number of halogens is 5. The normalized spacial score (nSPS) is 14.1. The SMILES string of the molecule is Cl/C=C(\Cl)C(Cl)(Cl)CCl. The van der Waals surface area contributed by atoms with E-state index in [2.05, 4.69) is 0 Å². The highest BCUT2D eigenvalue weighted by Crippen LogP contribution is 2.34. The zero-order chi connectivity index (χ0) is 7.49. The van der Waals surface area contributed by atoms with E-state index in [1.54, 1.807) is 0 Å². The van der Waals surface area contributed by atoms with Crippen LogP contribution >= 0.6 is 58.0 Å². The minimum Gasteiger partial charge on any atom is -0.123 e. The van der Waals surface area contributed by atoms with Crippen LogP contribution in [0.15, 0.2) is 10.6 Å². The largest absolute Gasteiger partial charge is 0.167 e. The van der Waals surface area contributed by atoms with Gasteiger partial charge in [0.05, 0.1) is 10.9 Å². The van der Waals surface area contributed by atoms with E-state index >= 15 is 0 Å². The summed E-state index contributed by atoms with van der Waals surface area (Å²) in [6, 6.07) is 0. The predicted molar refractivity (Wildman–Crippen MR) is 44.9 cm³/mol. The summed E-state index contributed by atoms with van der Waals surface area (Å²) >= 11 is 27.0. The zero-order valence-electron chi connectivity index (χ0n) is 4.17. The quantitative estimate of drug-likeness (QED) is 0.632. The molecule has 0 aromatic carbocycles. The van der Waals surface area contributed by atoms with Gasteiger partial charge in [-0.1, -0.05) is 46.4 Å². The summed E-state index contributed by atoms with van der Waals surface area (Å²) in [6.07, 6.45) is 0. The molecule has 5 heteroatoms. The first-order valence-corrected chi connectivity index (χ1v) is 4.05. The first kappa shape index (κ1) is 10.2. The fourth-order valence-electron chi connectivity index (χ4n) is 0.144. The molecular weight excluding hydrogens is 225 g/mol. The van der Waals surface area contributed by atoms with Gasteiger partial charge in [0.15, 0.2) is 4.33 Å². The molecule has 0 aliphatic heterocycles. The molecule has 0 bridgehead atoms. The Morgan fingerprint density at radius 1 is 1.44 bits per heavy atom. The van der Waals surface area contributed by atoms with Gasteiger partial charge < -0.3 is 0 Å². The summed E-state index contributed by atoms with van der Waals surface area (Å²) in [5, 5.41) is 0.127. The van der Waals surface area contributed by atoms with E-state index in [1.807, 2.05) is 0 Å². The number of hydrogen-bond donors (Lipinski definition) is 0. The molecule has 0 spiro atoms. The molecule has 0 saturated heterocycles. The Balaban J connectivity index is 4.14. The molecule has 0 fully saturated rings. The van der Waals surface area contributed by atoms with Crippen LogP contribution in [0, 0.1) is 0 Å². The van der Waals surface area contributed by atoms with E-state index in [4.69, 9.17) is 58.0 Å².